The van der Waals surface area contributed by atoms with Crippen LogP contribution >= 0.6 is 0 Å². The van der Waals surface area contributed by atoms with Gasteiger partial charge in [-0.15, -0.1) is 0 Å². The lowest BCUT2D eigenvalue weighted by atomic mass is 10.1. The van der Waals surface area contributed by atoms with Gasteiger partial charge in [0.1, 0.15) is 11.8 Å². The number of sulfonamides is 1. The number of benzene rings is 2. The standard InChI is InChI=1S/C20H23N3O4S/c1-4-23(5-2)28(25,26)19-14-16(7-6-15(19)3)20(24)22-17-8-10-18(11-9-17)27-13-12-21/h6-11,14H,4-5,13H2,1-3H3,(H,22,24). The lowest BCUT2D eigenvalue weighted by Crippen LogP contribution is -2.31. The highest BCUT2D eigenvalue weighted by Crippen LogP contribution is 2.22. The molecule has 2 aromatic carbocycles. The van der Waals surface area contributed by atoms with Gasteiger partial charge in [0.25, 0.3) is 5.91 Å². The highest BCUT2D eigenvalue weighted by atomic mass is 32.2. The molecular weight excluding hydrogens is 378 g/mol. The number of rotatable bonds is 8. The van der Waals surface area contributed by atoms with E-state index < -0.39 is 15.9 Å². The van der Waals surface area contributed by atoms with E-state index in [1.807, 2.05) is 6.07 Å². The molecule has 0 unspecified atom stereocenters. The van der Waals surface area contributed by atoms with E-state index in [1.54, 1.807) is 57.2 Å². The van der Waals surface area contributed by atoms with Gasteiger partial charge in [-0.05, 0) is 48.9 Å². The Hall–Kier alpha value is -2.89. The van der Waals surface area contributed by atoms with Crippen LogP contribution in [0.2, 0.25) is 0 Å². The van der Waals surface area contributed by atoms with E-state index in [0.29, 0.717) is 30.1 Å². The number of aryl methyl sites for hydroxylation is 1. The summed E-state index contributed by atoms with van der Waals surface area (Å²) in [6.07, 6.45) is 0. The average Bonchev–Trinajstić information content (AvgIpc) is 2.68. The Balaban J connectivity index is 2.24. The van der Waals surface area contributed by atoms with E-state index in [-0.39, 0.29) is 17.1 Å². The van der Waals surface area contributed by atoms with Crippen LogP contribution in [0, 0.1) is 18.3 Å². The lowest BCUT2D eigenvalue weighted by Gasteiger charge is -2.20. The monoisotopic (exact) mass is 401 g/mol. The van der Waals surface area contributed by atoms with Crippen molar-refractivity contribution >= 4 is 21.6 Å². The van der Waals surface area contributed by atoms with Gasteiger partial charge in [-0.3, -0.25) is 4.79 Å². The van der Waals surface area contributed by atoms with Crippen LogP contribution in [0.15, 0.2) is 47.4 Å². The minimum absolute atomic E-state index is 0.0567. The molecule has 0 aliphatic rings. The van der Waals surface area contributed by atoms with E-state index in [0.717, 1.165) is 0 Å². The summed E-state index contributed by atoms with van der Waals surface area (Å²) < 4.78 is 32.2. The second-order valence-electron chi connectivity index (χ2n) is 5.99. The number of amides is 1. The van der Waals surface area contributed by atoms with Crippen molar-refractivity contribution < 1.29 is 17.9 Å². The first-order valence-electron chi connectivity index (χ1n) is 8.85. The van der Waals surface area contributed by atoms with E-state index >= 15 is 0 Å². The highest BCUT2D eigenvalue weighted by Gasteiger charge is 2.24. The summed E-state index contributed by atoms with van der Waals surface area (Å²) in [5.74, 6) is 0.101. The van der Waals surface area contributed by atoms with Gasteiger partial charge in [-0.2, -0.15) is 9.57 Å². The molecule has 0 atom stereocenters. The van der Waals surface area contributed by atoms with Crippen LogP contribution in [0.25, 0.3) is 0 Å². The van der Waals surface area contributed by atoms with Crippen molar-refractivity contribution in [2.75, 3.05) is 25.0 Å². The zero-order valence-corrected chi connectivity index (χ0v) is 16.9. The molecule has 1 N–H and O–H groups in total. The molecule has 2 aromatic rings. The van der Waals surface area contributed by atoms with Crippen LogP contribution in [0.4, 0.5) is 5.69 Å². The molecule has 1 amide bonds. The molecule has 0 aliphatic carbocycles. The predicted molar refractivity (Wildman–Crippen MR) is 107 cm³/mol. The van der Waals surface area contributed by atoms with E-state index in [2.05, 4.69) is 5.32 Å². The second kappa shape index (κ2) is 9.35. The SMILES string of the molecule is CCN(CC)S(=O)(=O)c1cc(C(=O)Nc2ccc(OCC#N)cc2)ccc1C. The maximum Gasteiger partial charge on any atom is 0.255 e. The number of anilines is 1. The van der Waals surface area contributed by atoms with Crippen LogP contribution < -0.4 is 10.1 Å². The first-order valence-corrected chi connectivity index (χ1v) is 10.3. The zero-order valence-electron chi connectivity index (χ0n) is 16.1. The first kappa shape index (κ1) is 21.4. The van der Waals surface area contributed by atoms with Gasteiger partial charge in [0.15, 0.2) is 6.61 Å². The molecule has 2 rings (SSSR count). The third-order valence-electron chi connectivity index (χ3n) is 4.19. The van der Waals surface area contributed by atoms with Crippen molar-refractivity contribution in [1.29, 1.82) is 5.26 Å². The van der Waals surface area contributed by atoms with Crippen LogP contribution in [0.5, 0.6) is 5.75 Å². The van der Waals surface area contributed by atoms with Crippen molar-refractivity contribution in [3.05, 3.63) is 53.6 Å². The molecule has 8 heteroatoms. The fourth-order valence-electron chi connectivity index (χ4n) is 2.68. The molecule has 28 heavy (non-hydrogen) atoms. The van der Waals surface area contributed by atoms with Gasteiger partial charge in [0, 0.05) is 24.3 Å². The minimum Gasteiger partial charge on any atom is -0.479 e. The van der Waals surface area contributed by atoms with Gasteiger partial charge < -0.3 is 10.1 Å². The number of nitrogens with one attached hydrogen (secondary N) is 1. The molecule has 0 bridgehead atoms. The zero-order chi connectivity index (χ0) is 20.7. The van der Waals surface area contributed by atoms with Crippen molar-refractivity contribution in [3.63, 3.8) is 0 Å². The lowest BCUT2D eigenvalue weighted by molar-refractivity contribution is 0.102. The van der Waals surface area contributed by atoms with Gasteiger partial charge in [0.2, 0.25) is 10.0 Å². The van der Waals surface area contributed by atoms with Crippen LogP contribution in [-0.4, -0.2) is 38.3 Å². The van der Waals surface area contributed by atoms with Crippen molar-refractivity contribution in [2.24, 2.45) is 0 Å². The summed E-state index contributed by atoms with van der Waals surface area (Å²) in [4.78, 5) is 12.7. The molecule has 0 spiro atoms. The first-order chi connectivity index (χ1) is 13.3. The van der Waals surface area contributed by atoms with Crippen molar-refractivity contribution in [2.45, 2.75) is 25.7 Å². The van der Waals surface area contributed by atoms with Crippen molar-refractivity contribution in [3.8, 4) is 11.8 Å². The molecule has 0 aromatic heterocycles. The largest absolute Gasteiger partial charge is 0.479 e. The van der Waals surface area contributed by atoms with Gasteiger partial charge >= 0.3 is 0 Å². The van der Waals surface area contributed by atoms with Crippen LogP contribution in [-0.2, 0) is 10.0 Å². The summed E-state index contributed by atoms with van der Waals surface area (Å²) in [7, 11) is -3.66. The Morgan fingerprint density at radius 2 is 1.79 bits per heavy atom. The molecule has 0 saturated heterocycles. The number of nitriles is 1. The molecule has 0 aliphatic heterocycles. The molecule has 148 valence electrons. The number of carbonyl (C=O) groups is 1. The van der Waals surface area contributed by atoms with Gasteiger partial charge in [0.05, 0.1) is 4.90 Å². The average molecular weight is 401 g/mol. The van der Waals surface area contributed by atoms with E-state index in [9.17, 15) is 13.2 Å². The molecule has 0 saturated carbocycles. The van der Waals surface area contributed by atoms with Crippen LogP contribution in [0.3, 0.4) is 0 Å². The number of hydrogen-bond donors (Lipinski definition) is 1. The molecular formula is C20H23N3O4S. The second-order valence-corrected chi connectivity index (χ2v) is 7.90. The highest BCUT2D eigenvalue weighted by molar-refractivity contribution is 7.89. The summed E-state index contributed by atoms with van der Waals surface area (Å²) in [5, 5.41) is 11.2. The topological polar surface area (TPSA) is 99.5 Å². The third-order valence-corrected chi connectivity index (χ3v) is 6.38. The van der Waals surface area contributed by atoms with E-state index in [4.69, 9.17) is 10.00 Å². The molecule has 7 nitrogen and oxygen atoms in total. The molecule has 0 radical (unpaired) electrons. The minimum atomic E-state index is -3.66. The number of nitrogens with zero attached hydrogens (tertiary/aromatic N) is 2. The fourth-order valence-corrected chi connectivity index (χ4v) is 4.38. The Kier molecular flexibility index (Phi) is 7.15. The summed E-state index contributed by atoms with van der Waals surface area (Å²) in [6.45, 7) is 5.91. The van der Waals surface area contributed by atoms with Gasteiger partial charge in [-0.1, -0.05) is 19.9 Å². The molecule has 0 fully saturated rings. The Labute approximate surface area is 165 Å². The summed E-state index contributed by atoms with van der Waals surface area (Å²) >= 11 is 0. The number of carbonyl (C=O) groups excluding carboxylic acids is 1. The van der Waals surface area contributed by atoms with Gasteiger partial charge in [-0.25, -0.2) is 8.42 Å². The maximum absolute atomic E-state index is 12.8. The number of ether oxygens (including phenoxy) is 1. The predicted octanol–water partition coefficient (Wildman–Crippen LogP) is 3.18. The Morgan fingerprint density at radius 3 is 2.36 bits per heavy atom. The molecule has 0 heterocycles. The van der Waals surface area contributed by atoms with Crippen LogP contribution in [0.1, 0.15) is 29.8 Å². The maximum atomic E-state index is 12.8. The Morgan fingerprint density at radius 1 is 1.14 bits per heavy atom. The summed E-state index contributed by atoms with van der Waals surface area (Å²) in [5.41, 5.74) is 1.37. The number of hydrogen-bond acceptors (Lipinski definition) is 5. The normalized spacial score (nSPS) is 11.1. The van der Waals surface area contributed by atoms with Crippen molar-refractivity contribution in [1.82, 2.24) is 4.31 Å². The van der Waals surface area contributed by atoms with E-state index in [1.165, 1.54) is 10.4 Å². The third kappa shape index (κ3) is 4.88. The quantitative estimate of drug-likeness (QED) is 0.732. The Bertz CT molecular complexity index is 976. The summed E-state index contributed by atoms with van der Waals surface area (Å²) in [6, 6.07) is 13.1. The fraction of sp³-hybridized carbons (Fsp3) is 0.300. The smallest absolute Gasteiger partial charge is 0.255 e.